The third-order valence-corrected chi connectivity index (χ3v) is 29.7. The summed E-state index contributed by atoms with van der Waals surface area (Å²) in [4.78, 5) is 50.5. The predicted octanol–water partition coefficient (Wildman–Crippen LogP) is 1.14. The van der Waals surface area contributed by atoms with E-state index in [4.69, 9.17) is 23.2 Å². The molecule has 18 fully saturated rings. The van der Waals surface area contributed by atoms with Gasteiger partial charge < -0.3 is 19.8 Å². The van der Waals surface area contributed by atoms with E-state index in [1.165, 1.54) is 154 Å². The molecule has 0 aromatic carbocycles. The van der Waals surface area contributed by atoms with Crippen LogP contribution < -0.4 is 95.3 Å². The molecule has 16 N–H and O–H groups in total. The van der Waals surface area contributed by atoms with E-state index in [2.05, 4.69) is 85.1 Å². The van der Waals surface area contributed by atoms with Crippen LogP contribution in [-0.2, 0) is 36.2 Å². The van der Waals surface area contributed by atoms with Crippen LogP contribution in [0, 0.1) is 118 Å². The topological polar surface area (TPSA) is 307 Å². The molecule has 0 aromatic rings. The van der Waals surface area contributed by atoms with E-state index < -0.39 is 46.1 Å². The Hall–Kier alpha value is -1.26. The van der Waals surface area contributed by atoms with Gasteiger partial charge in [-0.2, -0.15) is 0 Å². The molecule has 36 atom stereocenters. The van der Waals surface area contributed by atoms with E-state index in [1.54, 1.807) is 0 Å². The third-order valence-electron chi connectivity index (χ3n) is 29.1. The van der Waals surface area contributed by atoms with Crippen LogP contribution in [0.1, 0.15) is 180 Å². The van der Waals surface area contributed by atoms with Crippen LogP contribution >= 0.6 is 23.2 Å². The summed E-state index contributed by atoms with van der Waals surface area (Å²) in [6.45, 7) is 0. The van der Waals surface area contributed by atoms with Crippen LogP contribution in [0.4, 0.5) is 0 Å². The number of carboxylic acid groups (broad SMARTS) is 2. The zero-order valence-electron chi connectivity index (χ0n) is 54.1. The Balaban J connectivity index is 0.000000146. The maximum atomic E-state index is 12.7. The molecule has 0 aromatic heterocycles. The first kappa shape index (κ1) is 66.3. The smallest absolute Gasteiger partial charge is 0.550 e. The Morgan fingerprint density at radius 2 is 0.387 bits per heavy atom. The molecule has 10 heterocycles. The summed E-state index contributed by atoms with van der Waals surface area (Å²) in [5.41, 5.74) is 0. The molecule has 18 aliphatic rings. The molecule has 8 saturated carbocycles. The average Bonchev–Trinajstić information content (AvgIpc) is 1.62. The van der Waals surface area contributed by atoms with Crippen LogP contribution in [-0.4, -0.2) is 121 Å². The maximum Gasteiger partial charge on any atom is 2.00 e. The largest absolute Gasteiger partial charge is 2.00 e. The van der Waals surface area contributed by atoms with Crippen molar-refractivity contribution in [2.45, 2.75) is 278 Å². The molecule has 36 unspecified atom stereocenters. The first-order valence-corrected chi connectivity index (χ1v) is 38.6. The fourth-order valence-electron chi connectivity index (χ4n) is 25.1. The minimum atomic E-state index is -1.06. The van der Waals surface area contributed by atoms with E-state index in [-0.39, 0.29) is 152 Å². The molecule has 10 saturated heterocycles. The average molecular weight is 1380 g/mol. The van der Waals surface area contributed by atoms with Crippen LogP contribution in [0.15, 0.2) is 0 Å². The number of carbonyl (C=O) groups excluding carboxylic acids is 4. The number of nitrogens with one attached hydrogen (secondary N) is 16. The van der Waals surface area contributed by atoms with Gasteiger partial charge in [0.15, 0.2) is 0 Å². The first-order valence-electron chi connectivity index (χ1n) is 37.8. The van der Waals surface area contributed by atoms with E-state index in [9.17, 15) is 29.4 Å². The van der Waals surface area contributed by atoms with Crippen molar-refractivity contribution in [2.24, 2.45) is 118 Å². The van der Waals surface area contributed by atoms with Crippen molar-refractivity contribution in [1.82, 2.24) is 85.1 Å². The Labute approximate surface area is 570 Å². The minimum Gasteiger partial charge on any atom is -0.550 e. The van der Waals surface area contributed by atoms with Crippen LogP contribution in [0.25, 0.3) is 0 Å². The van der Waals surface area contributed by atoms with Crippen molar-refractivity contribution in [2.75, 3.05) is 0 Å². The molecule has 8 aliphatic carbocycles. The molecule has 16 bridgehead atoms. The third kappa shape index (κ3) is 12.3. The number of rotatable bonds is 4. The molecule has 0 spiro atoms. The second-order valence-corrected chi connectivity index (χ2v) is 34.0. The van der Waals surface area contributed by atoms with Crippen molar-refractivity contribution in [3.05, 3.63) is 0 Å². The van der Waals surface area contributed by atoms with Crippen LogP contribution in [0.5, 0.6) is 0 Å². The zero-order chi connectivity index (χ0) is 62.2. The van der Waals surface area contributed by atoms with Crippen molar-refractivity contribution in [1.29, 1.82) is 0 Å². The number of aliphatic carboxylic acids is 2. The number of carboxylic acids is 2. The minimum absolute atomic E-state index is 0. The van der Waals surface area contributed by atoms with Gasteiger partial charge in [-0.3, -0.25) is 94.7 Å². The maximum absolute atomic E-state index is 12.7. The Morgan fingerprint density at radius 3 is 0.538 bits per heavy atom. The molecule has 22 nitrogen and oxygen atoms in total. The van der Waals surface area contributed by atoms with Gasteiger partial charge in [-0.15, -0.1) is 0 Å². The fraction of sp³-hybridized carbons (Fsp3) is 0.941. The molecule has 1 radical (unpaired) electrons. The standard InChI is InChI=1S/2C34H55ClN8O3.Cu/c2*35-25(44)15-13-22-24(23(14-15)34(45)46)33-42-31-21-12-6-5-11-20(21)29(40-31)38-27-17-8-2-1-7-16(17)26(36-27)37-28-18-9-3-4-10-19(18)30(39-28)41-32(22)43-33;/h2*15-24,26-33,36-43H,1-14H2,(H,45,46);/q;;+2/p-2. The monoisotopic (exact) mass is 1380 g/mol. The molecule has 521 valence electrons. The van der Waals surface area contributed by atoms with Crippen molar-refractivity contribution >= 4 is 45.6 Å². The molecular weight excluding hydrogens is 1270 g/mol. The number of carbonyl (C=O) groups is 4. The normalized spacial score (nSPS) is 54.1. The molecule has 10 aliphatic heterocycles. The summed E-state index contributed by atoms with van der Waals surface area (Å²) >= 11 is 12.2. The first-order chi connectivity index (χ1) is 44.8. The van der Waals surface area contributed by atoms with E-state index >= 15 is 0 Å². The van der Waals surface area contributed by atoms with Gasteiger partial charge in [0.2, 0.25) is 10.5 Å². The summed E-state index contributed by atoms with van der Waals surface area (Å²) in [7, 11) is 0. The predicted molar refractivity (Wildman–Crippen MR) is 342 cm³/mol. The SMILES string of the molecule is O=C(Cl)C1CC(C(=O)[O-])C2C3NC4NC(NC5NC(NC6NC(NC(N3)C2C1)C1CCCCC61)C1CCCCC51)C1CCCCC41.O=C(Cl)C1CC(C(=O)[O-])C2C3NC4NC(NC5NC(NC6NC(NC(N3)C2C1)C1CCCCC61)C1CCCCC51)C1CCCCC41.[Cu+2]. The summed E-state index contributed by atoms with van der Waals surface area (Å²) in [5, 5.41) is 89.3. The summed E-state index contributed by atoms with van der Waals surface area (Å²) < 4.78 is 0. The van der Waals surface area contributed by atoms with Gasteiger partial charge in [0, 0.05) is 47.4 Å². The van der Waals surface area contributed by atoms with Gasteiger partial charge in [-0.05, 0) is 209 Å². The molecule has 93 heavy (non-hydrogen) atoms. The number of hydrogen-bond acceptors (Lipinski definition) is 22. The Kier molecular flexibility index (Phi) is 19.7. The van der Waals surface area contributed by atoms with Crippen molar-refractivity contribution in [3.63, 3.8) is 0 Å². The van der Waals surface area contributed by atoms with Gasteiger partial charge in [-0.1, -0.05) is 77.0 Å². The van der Waals surface area contributed by atoms with Crippen molar-refractivity contribution < 1.29 is 46.5 Å². The Bertz CT molecular complexity index is 2550. The second kappa shape index (κ2) is 27.6. The van der Waals surface area contributed by atoms with Gasteiger partial charge in [0.25, 0.3) is 0 Å². The summed E-state index contributed by atoms with van der Waals surface area (Å²) in [5.74, 6) is 1.59. The fourth-order valence-corrected chi connectivity index (χ4v) is 25.5. The molecular formula is C68H108Cl2CuN16O6. The second-order valence-electron chi connectivity index (χ2n) is 33.3. The summed E-state index contributed by atoms with van der Waals surface area (Å²) in [6, 6.07) is 0. The van der Waals surface area contributed by atoms with Gasteiger partial charge in [-0.25, -0.2) is 0 Å². The number of halogens is 2. The van der Waals surface area contributed by atoms with Crippen LogP contribution in [0.3, 0.4) is 0 Å². The zero-order valence-corrected chi connectivity index (χ0v) is 56.5. The van der Waals surface area contributed by atoms with Crippen LogP contribution in [0.2, 0.25) is 0 Å². The number of hydrogen-bond donors (Lipinski definition) is 16. The van der Waals surface area contributed by atoms with Crippen molar-refractivity contribution in [3.8, 4) is 0 Å². The van der Waals surface area contributed by atoms with E-state index in [0.29, 0.717) is 83.9 Å². The number of fused-ring (bicyclic) bond motifs is 40. The molecule has 0 amide bonds. The quantitative estimate of drug-likeness (QED) is 0.139. The van der Waals surface area contributed by atoms with E-state index in [1.807, 2.05) is 0 Å². The van der Waals surface area contributed by atoms with Gasteiger partial charge >= 0.3 is 17.1 Å². The van der Waals surface area contributed by atoms with Gasteiger partial charge in [0.1, 0.15) is 0 Å². The summed E-state index contributed by atoms with van der Waals surface area (Å²) in [6.07, 6.45) is 33.3. The Morgan fingerprint density at radius 1 is 0.237 bits per heavy atom. The van der Waals surface area contributed by atoms with E-state index in [0.717, 1.165) is 0 Å². The molecule has 25 heteroatoms. The van der Waals surface area contributed by atoms with Gasteiger partial charge in [0.05, 0.1) is 98.7 Å². The molecule has 18 rings (SSSR count).